The first-order valence-electron chi connectivity index (χ1n) is 10.5. The van der Waals surface area contributed by atoms with Crippen LogP contribution in [0.4, 0.5) is 13.2 Å². The molecular weight excluding hydrogens is 417 g/mol. The van der Waals surface area contributed by atoms with Crippen LogP contribution in [0.15, 0.2) is 66.7 Å². The SMILES string of the molecule is CC(C)c1ccc(Cl)cc1.CC(C)c1ccc(F)c(F)c1.CC(C)c1ccc(F)cc1. The molecule has 3 aromatic carbocycles. The lowest BCUT2D eigenvalue weighted by atomic mass is 10.0. The number of hydrogen-bond donors (Lipinski definition) is 0. The van der Waals surface area contributed by atoms with Crippen molar-refractivity contribution in [3.8, 4) is 0 Å². The van der Waals surface area contributed by atoms with Crippen LogP contribution in [0.2, 0.25) is 5.02 Å². The fraction of sp³-hybridized carbons (Fsp3) is 0.333. The number of hydrogen-bond acceptors (Lipinski definition) is 0. The van der Waals surface area contributed by atoms with Gasteiger partial charge in [-0.05, 0) is 70.8 Å². The second-order valence-electron chi connectivity index (χ2n) is 8.24. The Morgan fingerprint density at radius 2 is 0.903 bits per heavy atom. The molecule has 0 bridgehead atoms. The lowest BCUT2D eigenvalue weighted by molar-refractivity contribution is 0.506. The molecule has 0 N–H and O–H groups in total. The van der Waals surface area contributed by atoms with Gasteiger partial charge in [0.2, 0.25) is 0 Å². The van der Waals surface area contributed by atoms with Crippen LogP contribution in [0.5, 0.6) is 0 Å². The van der Waals surface area contributed by atoms with E-state index in [9.17, 15) is 13.2 Å². The maximum absolute atomic E-state index is 12.6. The van der Waals surface area contributed by atoms with Crippen molar-refractivity contribution in [1.29, 1.82) is 0 Å². The molecule has 0 nitrogen and oxygen atoms in total. The van der Waals surface area contributed by atoms with Gasteiger partial charge >= 0.3 is 0 Å². The minimum absolute atomic E-state index is 0.163. The molecule has 0 amide bonds. The second-order valence-corrected chi connectivity index (χ2v) is 8.68. The molecule has 0 spiro atoms. The van der Waals surface area contributed by atoms with Gasteiger partial charge in [0, 0.05) is 5.02 Å². The van der Waals surface area contributed by atoms with E-state index in [4.69, 9.17) is 11.6 Å². The first-order valence-corrected chi connectivity index (χ1v) is 10.8. The molecule has 0 saturated carbocycles. The highest BCUT2D eigenvalue weighted by Gasteiger charge is 2.04. The van der Waals surface area contributed by atoms with Gasteiger partial charge in [0.1, 0.15) is 5.82 Å². The minimum Gasteiger partial charge on any atom is -0.207 e. The first kappa shape index (κ1) is 26.8. The van der Waals surface area contributed by atoms with Gasteiger partial charge in [0.15, 0.2) is 11.6 Å². The first-order chi connectivity index (χ1) is 14.5. The van der Waals surface area contributed by atoms with Gasteiger partial charge in [0.25, 0.3) is 0 Å². The Balaban J connectivity index is 0.000000233. The zero-order chi connectivity index (χ0) is 23.6. The van der Waals surface area contributed by atoms with Crippen molar-refractivity contribution < 1.29 is 13.2 Å². The monoisotopic (exact) mass is 448 g/mol. The van der Waals surface area contributed by atoms with Crippen molar-refractivity contribution in [2.45, 2.75) is 59.3 Å². The summed E-state index contributed by atoms with van der Waals surface area (Å²) in [4.78, 5) is 0. The molecule has 0 saturated heterocycles. The van der Waals surface area contributed by atoms with E-state index in [-0.39, 0.29) is 11.7 Å². The fourth-order valence-electron chi connectivity index (χ4n) is 2.57. The number of halogens is 4. The summed E-state index contributed by atoms with van der Waals surface area (Å²) < 4.78 is 37.3. The van der Waals surface area contributed by atoms with E-state index in [1.165, 1.54) is 29.3 Å². The Bertz CT molecular complexity index is 849. The molecule has 3 rings (SSSR count). The molecule has 0 heterocycles. The van der Waals surface area contributed by atoms with E-state index in [0.29, 0.717) is 11.8 Å². The summed E-state index contributed by atoms with van der Waals surface area (Å²) in [5.74, 6) is -0.391. The summed E-state index contributed by atoms with van der Waals surface area (Å²) in [5, 5.41) is 0.810. The third kappa shape index (κ3) is 10.1. The van der Waals surface area contributed by atoms with Crippen molar-refractivity contribution in [3.63, 3.8) is 0 Å². The average molecular weight is 449 g/mol. The topological polar surface area (TPSA) is 0 Å². The zero-order valence-electron chi connectivity index (χ0n) is 19.1. The molecule has 168 valence electrons. The standard InChI is InChI=1S/C9H11Cl.C9H10F2.C9H11F/c1-7(2)8-3-5-9(10)6-4-8;1-6(2)7-3-4-8(10)9(11)5-7;1-7(2)8-3-5-9(10)6-4-8/h3-7H,1-2H3;3-6H,1-2H3;3-7H,1-2H3. The Morgan fingerprint density at radius 3 is 1.29 bits per heavy atom. The largest absolute Gasteiger partial charge is 0.207 e. The molecule has 0 aliphatic rings. The Hall–Kier alpha value is -2.26. The maximum Gasteiger partial charge on any atom is 0.159 e. The molecule has 3 aromatic rings. The van der Waals surface area contributed by atoms with Crippen LogP contribution in [-0.2, 0) is 0 Å². The third-order valence-corrected chi connectivity index (χ3v) is 4.94. The summed E-state index contributed by atoms with van der Waals surface area (Å²) in [6.07, 6.45) is 0. The Morgan fingerprint density at radius 1 is 0.516 bits per heavy atom. The lowest BCUT2D eigenvalue weighted by Gasteiger charge is -2.04. The smallest absolute Gasteiger partial charge is 0.159 e. The molecule has 0 aliphatic carbocycles. The Labute approximate surface area is 190 Å². The van der Waals surface area contributed by atoms with Crippen LogP contribution in [0.25, 0.3) is 0 Å². The lowest BCUT2D eigenvalue weighted by Crippen LogP contribution is -1.90. The quantitative estimate of drug-likeness (QED) is 0.374. The summed E-state index contributed by atoms with van der Waals surface area (Å²) in [6.45, 7) is 12.4. The maximum atomic E-state index is 12.6. The van der Waals surface area contributed by atoms with Crippen molar-refractivity contribution in [3.05, 3.63) is 106 Å². The zero-order valence-corrected chi connectivity index (χ0v) is 19.9. The molecule has 0 atom stereocenters. The van der Waals surface area contributed by atoms with Crippen LogP contribution in [0.1, 0.15) is 76.0 Å². The highest BCUT2D eigenvalue weighted by atomic mass is 35.5. The van der Waals surface area contributed by atoms with Crippen molar-refractivity contribution in [2.24, 2.45) is 0 Å². The summed E-state index contributed by atoms with van der Waals surface area (Å²) >= 11 is 5.72. The van der Waals surface area contributed by atoms with Gasteiger partial charge in [-0.15, -0.1) is 0 Å². The molecular formula is C27H32ClF3. The van der Waals surface area contributed by atoms with E-state index in [0.717, 1.165) is 16.7 Å². The van der Waals surface area contributed by atoms with Crippen LogP contribution < -0.4 is 0 Å². The van der Waals surface area contributed by atoms with Gasteiger partial charge < -0.3 is 0 Å². The van der Waals surface area contributed by atoms with Gasteiger partial charge in [-0.2, -0.15) is 0 Å². The van der Waals surface area contributed by atoms with Gasteiger partial charge in [0.05, 0.1) is 0 Å². The van der Waals surface area contributed by atoms with Crippen LogP contribution >= 0.6 is 11.6 Å². The van der Waals surface area contributed by atoms with Crippen LogP contribution in [-0.4, -0.2) is 0 Å². The normalized spacial score (nSPS) is 10.5. The van der Waals surface area contributed by atoms with Crippen LogP contribution in [0.3, 0.4) is 0 Å². The highest BCUT2D eigenvalue weighted by molar-refractivity contribution is 6.30. The average Bonchev–Trinajstić information content (AvgIpc) is 2.71. The van der Waals surface area contributed by atoms with Crippen molar-refractivity contribution in [1.82, 2.24) is 0 Å². The molecule has 4 heteroatoms. The summed E-state index contributed by atoms with van der Waals surface area (Å²) in [6, 6.07) is 18.6. The summed E-state index contributed by atoms with van der Waals surface area (Å²) in [7, 11) is 0. The van der Waals surface area contributed by atoms with E-state index >= 15 is 0 Å². The molecule has 0 aliphatic heterocycles. The van der Waals surface area contributed by atoms with Crippen molar-refractivity contribution in [2.75, 3.05) is 0 Å². The highest BCUT2D eigenvalue weighted by Crippen LogP contribution is 2.17. The minimum atomic E-state index is -0.783. The van der Waals surface area contributed by atoms with E-state index in [1.54, 1.807) is 6.07 Å². The van der Waals surface area contributed by atoms with E-state index in [1.807, 2.05) is 38.1 Å². The molecule has 0 fully saturated rings. The van der Waals surface area contributed by atoms with Gasteiger partial charge in [-0.25, -0.2) is 13.2 Å². The Kier molecular flexibility index (Phi) is 11.4. The van der Waals surface area contributed by atoms with Crippen molar-refractivity contribution >= 4 is 11.6 Å². The summed E-state index contributed by atoms with van der Waals surface area (Å²) in [5.41, 5.74) is 3.34. The fourth-order valence-corrected chi connectivity index (χ4v) is 2.69. The molecule has 31 heavy (non-hydrogen) atoms. The van der Waals surface area contributed by atoms with Crippen LogP contribution in [0, 0.1) is 17.5 Å². The molecule has 0 aromatic heterocycles. The second kappa shape index (κ2) is 13.2. The number of rotatable bonds is 3. The number of benzene rings is 3. The van der Waals surface area contributed by atoms with Gasteiger partial charge in [-0.3, -0.25) is 0 Å². The predicted molar refractivity (Wildman–Crippen MR) is 126 cm³/mol. The van der Waals surface area contributed by atoms with E-state index < -0.39 is 11.6 Å². The molecule has 0 radical (unpaired) electrons. The van der Waals surface area contributed by atoms with Gasteiger partial charge in [-0.1, -0.05) is 83.5 Å². The van der Waals surface area contributed by atoms with E-state index in [2.05, 4.69) is 39.8 Å². The predicted octanol–water partition coefficient (Wildman–Crippen LogP) is 9.50. The third-order valence-electron chi connectivity index (χ3n) is 4.68. The molecule has 0 unspecified atom stereocenters.